The van der Waals surface area contributed by atoms with Crippen molar-refractivity contribution >= 4 is 15.9 Å². The number of benzene rings is 1. The van der Waals surface area contributed by atoms with Crippen LogP contribution in [0.3, 0.4) is 0 Å². The predicted octanol–water partition coefficient (Wildman–Crippen LogP) is 3.42. The molecule has 0 radical (unpaired) electrons. The fraction of sp³-hybridized carbons (Fsp3) is 0.571. The van der Waals surface area contributed by atoms with Gasteiger partial charge in [-0.1, -0.05) is 15.9 Å². The van der Waals surface area contributed by atoms with Gasteiger partial charge in [0.2, 0.25) is 0 Å². The average Bonchev–Trinajstić information content (AvgIpc) is 2.84. The van der Waals surface area contributed by atoms with Gasteiger partial charge in [0.05, 0.1) is 6.10 Å². The summed E-state index contributed by atoms with van der Waals surface area (Å²) in [4.78, 5) is 0. The number of rotatable bonds is 5. The van der Waals surface area contributed by atoms with E-state index >= 15 is 0 Å². The molecule has 4 heteroatoms. The van der Waals surface area contributed by atoms with Crippen LogP contribution in [0.4, 0.5) is 4.39 Å². The molecule has 2 N–H and O–H groups in total. The van der Waals surface area contributed by atoms with E-state index in [-0.39, 0.29) is 11.9 Å². The summed E-state index contributed by atoms with van der Waals surface area (Å²) in [6.45, 7) is 0.875. The van der Waals surface area contributed by atoms with Gasteiger partial charge in [0.1, 0.15) is 5.82 Å². The largest absolute Gasteiger partial charge is 0.378 e. The highest BCUT2D eigenvalue weighted by atomic mass is 79.9. The number of halogens is 2. The Hall–Kier alpha value is -0.450. The third kappa shape index (κ3) is 4.04. The third-order valence-electron chi connectivity index (χ3n) is 3.37. The number of hydrogen-bond donors (Lipinski definition) is 1. The smallest absolute Gasteiger partial charge is 0.126 e. The second kappa shape index (κ2) is 6.64. The van der Waals surface area contributed by atoms with Gasteiger partial charge >= 0.3 is 0 Å². The van der Waals surface area contributed by atoms with Gasteiger partial charge in [-0.3, -0.25) is 0 Å². The van der Waals surface area contributed by atoms with E-state index in [1.165, 1.54) is 6.07 Å². The summed E-state index contributed by atoms with van der Waals surface area (Å²) >= 11 is 3.35. The number of ether oxygens (including phenoxy) is 1. The normalized spacial score (nSPS) is 21.2. The number of nitrogens with two attached hydrogens (primary N) is 1. The molecule has 0 bridgehead atoms. The minimum Gasteiger partial charge on any atom is -0.378 e. The Kier molecular flexibility index (Phi) is 5.15. The van der Waals surface area contributed by atoms with Gasteiger partial charge in [0, 0.05) is 17.1 Å². The van der Waals surface area contributed by atoms with E-state index in [9.17, 15) is 4.39 Å². The Balaban J connectivity index is 1.82. The standard InChI is InChI=1S/C14H19BrFNO/c15-11-3-6-14(16)10(8-11)9-12(17)4-5-13-2-1-7-18-13/h3,6,8,12-13H,1-2,4-5,7,9,17H2. The zero-order valence-corrected chi connectivity index (χ0v) is 12.0. The van der Waals surface area contributed by atoms with Crippen molar-refractivity contribution in [2.75, 3.05) is 6.61 Å². The van der Waals surface area contributed by atoms with Gasteiger partial charge in [-0.25, -0.2) is 4.39 Å². The van der Waals surface area contributed by atoms with E-state index in [1.807, 2.05) is 0 Å². The van der Waals surface area contributed by atoms with Crippen LogP contribution in [0.5, 0.6) is 0 Å². The molecular weight excluding hydrogens is 297 g/mol. The molecule has 1 aromatic carbocycles. The summed E-state index contributed by atoms with van der Waals surface area (Å²) in [5.41, 5.74) is 6.75. The lowest BCUT2D eigenvalue weighted by Gasteiger charge is -2.15. The molecule has 2 unspecified atom stereocenters. The minimum atomic E-state index is -0.175. The van der Waals surface area contributed by atoms with Crippen LogP contribution in [-0.2, 0) is 11.2 Å². The zero-order chi connectivity index (χ0) is 13.0. The van der Waals surface area contributed by atoms with Crippen molar-refractivity contribution in [2.45, 2.75) is 44.2 Å². The molecule has 0 spiro atoms. The summed E-state index contributed by atoms with van der Waals surface area (Å²) in [6.07, 6.45) is 5.10. The lowest BCUT2D eigenvalue weighted by Crippen LogP contribution is -2.25. The van der Waals surface area contributed by atoms with Gasteiger partial charge in [-0.15, -0.1) is 0 Å². The highest BCUT2D eigenvalue weighted by Crippen LogP contribution is 2.20. The molecule has 1 fully saturated rings. The van der Waals surface area contributed by atoms with Crippen LogP contribution in [0.15, 0.2) is 22.7 Å². The molecule has 100 valence electrons. The minimum absolute atomic E-state index is 0.00185. The Labute approximate surface area is 116 Å². The average molecular weight is 316 g/mol. The summed E-state index contributed by atoms with van der Waals surface area (Å²) in [5.74, 6) is -0.175. The molecule has 1 heterocycles. The second-order valence-corrected chi connectivity index (χ2v) is 5.83. The SMILES string of the molecule is NC(CCC1CCCO1)Cc1cc(Br)ccc1F. The lowest BCUT2D eigenvalue weighted by molar-refractivity contribution is 0.101. The first-order chi connectivity index (χ1) is 8.65. The second-order valence-electron chi connectivity index (χ2n) is 4.91. The van der Waals surface area contributed by atoms with Crippen LogP contribution in [-0.4, -0.2) is 18.8 Å². The maximum absolute atomic E-state index is 13.6. The van der Waals surface area contributed by atoms with Crippen LogP contribution < -0.4 is 5.73 Å². The third-order valence-corrected chi connectivity index (χ3v) is 3.87. The molecule has 0 amide bonds. The quantitative estimate of drug-likeness (QED) is 0.903. The van der Waals surface area contributed by atoms with Crippen LogP contribution in [0.25, 0.3) is 0 Å². The molecule has 2 nitrogen and oxygen atoms in total. The van der Waals surface area contributed by atoms with E-state index in [1.54, 1.807) is 12.1 Å². The molecule has 1 saturated heterocycles. The highest BCUT2D eigenvalue weighted by Gasteiger charge is 2.17. The van der Waals surface area contributed by atoms with Crippen molar-refractivity contribution in [1.29, 1.82) is 0 Å². The summed E-state index contributed by atoms with van der Waals surface area (Å²) in [7, 11) is 0. The molecule has 1 aliphatic rings. The number of hydrogen-bond acceptors (Lipinski definition) is 2. The van der Waals surface area contributed by atoms with Gasteiger partial charge in [0.25, 0.3) is 0 Å². The fourth-order valence-corrected chi connectivity index (χ4v) is 2.76. The first kappa shape index (κ1) is 14.0. The molecule has 1 aliphatic heterocycles. The van der Waals surface area contributed by atoms with Crippen molar-refractivity contribution in [2.24, 2.45) is 5.73 Å². The highest BCUT2D eigenvalue weighted by molar-refractivity contribution is 9.10. The van der Waals surface area contributed by atoms with E-state index in [0.29, 0.717) is 18.1 Å². The van der Waals surface area contributed by atoms with Gasteiger partial charge in [-0.2, -0.15) is 0 Å². The maximum Gasteiger partial charge on any atom is 0.126 e. The Bertz CT molecular complexity index is 393. The van der Waals surface area contributed by atoms with E-state index < -0.39 is 0 Å². The lowest BCUT2D eigenvalue weighted by atomic mass is 10.00. The molecule has 0 aromatic heterocycles. The molecule has 0 saturated carbocycles. The Morgan fingerprint density at radius 3 is 3.06 bits per heavy atom. The predicted molar refractivity (Wildman–Crippen MR) is 74.0 cm³/mol. The van der Waals surface area contributed by atoms with E-state index in [4.69, 9.17) is 10.5 Å². The van der Waals surface area contributed by atoms with Crippen LogP contribution in [0, 0.1) is 5.82 Å². The van der Waals surface area contributed by atoms with Crippen LogP contribution in [0.1, 0.15) is 31.2 Å². The molecule has 2 atom stereocenters. The van der Waals surface area contributed by atoms with Gasteiger partial charge in [-0.05, 0) is 55.9 Å². The first-order valence-electron chi connectivity index (χ1n) is 6.46. The summed E-state index contributed by atoms with van der Waals surface area (Å²) in [5, 5.41) is 0. The maximum atomic E-state index is 13.6. The monoisotopic (exact) mass is 315 g/mol. The van der Waals surface area contributed by atoms with Crippen molar-refractivity contribution in [3.63, 3.8) is 0 Å². The molecule has 1 aromatic rings. The van der Waals surface area contributed by atoms with Crippen LogP contribution >= 0.6 is 15.9 Å². The topological polar surface area (TPSA) is 35.2 Å². The van der Waals surface area contributed by atoms with E-state index in [0.717, 1.165) is 36.8 Å². The first-order valence-corrected chi connectivity index (χ1v) is 7.25. The molecule has 2 rings (SSSR count). The Morgan fingerprint density at radius 2 is 2.33 bits per heavy atom. The van der Waals surface area contributed by atoms with Gasteiger partial charge < -0.3 is 10.5 Å². The van der Waals surface area contributed by atoms with Crippen molar-refractivity contribution < 1.29 is 9.13 Å². The van der Waals surface area contributed by atoms with Crippen molar-refractivity contribution in [3.8, 4) is 0 Å². The Morgan fingerprint density at radius 1 is 1.50 bits per heavy atom. The summed E-state index contributed by atoms with van der Waals surface area (Å²) in [6, 6.07) is 4.99. The van der Waals surface area contributed by atoms with Gasteiger partial charge in [0.15, 0.2) is 0 Å². The fourth-order valence-electron chi connectivity index (χ4n) is 2.36. The van der Waals surface area contributed by atoms with Crippen LogP contribution in [0.2, 0.25) is 0 Å². The zero-order valence-electron chi connectivity index (χ0n) is 10.4. The molecule has 18 heavy (non-hydrogen) atoms. The van der Waals surface area contributed by atoms with E-state index in [2.05, 4.69) is 15.9 Å². The van der Waals surface area contributed by atoms with Crippen molar-refractivity contribution in [1.82, 2.24) is 0 Å². The molecular formula is C14H19BrFNO. The van der Waals surface area contributed by atoms with Crippen molar-refractivity contribution in [3.05, 3.63) is 34.1 Å². The molecule has 0 aliphatic carbocycles. The summed E-state index contributed by atoms with van der Waals surface area (Å²) < 4.78 is 20.0.